The molecule has 0 amide bonds. The Kier molecular flexibility index (Phi) is 8.43. The summed E-state index contributed by atoms with van der Waals surface area (Å²) in [6.07, 6.45) is 1.58. The molecule has 1 atom stereocenters. The van der Waals surface area contributed by atoms with Gasteiger partial charge in [0.1, 0.15) is 5.75 Å². The summed E-state index contributed by atoms with van der Waals surface area (Å²) < 4.78 is 67.4. The fourth-order valence-corrected chi connectivity index (χ4v) is 6.50. The highest BCUT2D eigenvalue weighted by molar-refractivity contribution is 7.89. The van der Waals surface area contributed by atoms with Crippen LogP contribution < -0.4 is 9.46 Å². The van der Waals surface area contributed by atoms with Gasteiger partial charge in [0, 0.05) is 26.2 Å². The number of nitrogens with one attached hydrogen (secondary N) is 1. The fraction of sp³-hybridized carbons (Fsp3) is 0.308. The summed E-state index contributed by atoms with van der Waals surface area (Å²) in [4.78, 5) is 0.0151. The van der Waals surface area contributed by atoms with E-state index in [2.05, 4.69) is 4.72 Å². The summed E-state index contributed by atoms with van der Waals surface area (Å²) in [5.41, 5.74) is 1.60. The second-order valence-electron chi connectivity index (χ2n) is 8.57. The Bertz CT molecular complexity index is 1360. The predicted octanol–water partition coefficient (Wildman–Crippen LogP) is 3.54. The van der Waals surface area contributed by atoms with E-state index in [4.69, 9.17) is 9.47 Å². The predicted molar refractivity (Wildman–Crippen MR) is 136 cm³/mol. The van der Waals surface area contributed by atoms with Crippen LogP contribution in [-0.2, 0) is 37.9 Å². The Balaban J connectivity index is 1.57. The highest BCUT2D eigenvalue weighted by Crippen LogP contribution is 2.24. The van der Waals surface area contributed by atoms with Crippen molar-refractivity contribution in [3.8, 4) is 5.75 Å². The van der Waals surface area contributed by atoms with Crippen LogP contribution in [0.2, 0.25) is 0 Å². The average molecular weight is 531 g/mol. The number of rotatable bonds is 11. The van der Waals surface area contributed by atoms with Crippen molar-refractivity contribution in [3.63, 3.8) is 0 Å². The van der Waals surface area contributed by atoms with Crippen LogP contribution in [0.15, 0.2) is 88.7 Å². The first-order valence-electron chi connectivity index (χ1n) is 11.7. The van der Waals surface area contributed by atoms with Crippen molar-refractivity contribution in [3.05, 3.63) is 90.0 Å². The number of sulfonamides is 2. The van der Waals surface area contributed by atoms with E-state index in [0.717, 1.165) is 24.0 Å². The number of methoxy groups -OCH3 is 1. The van der Waals surface area contributed by atoms with Crippen molar-refractivity contribution in [1.82, 2.24) is 9.03 Å². The molecule has 0 aliphatic carbocycles. The van der Waals surface area contributed by atoms with Gasteiger partial charge in [0.05, 0.1) is 23.0 Å². The Morgan fingerprint density at radius 3 is 2.22 bits per heavy atom. The summed E-state index contributed by atoms with van der Waals surface area (Å²) in [6, 6.07) is 21.9. The Morgan fingerprint density at radius 2 is 1.56 bits per heavy atom. The van der Waals surface area contributed by atoms with E-state index >= 15 is 0 Å². The minimum Gasteiger partial charge on any atom is -0.497 e. The quantitative estimate of drug-likeness (QED) is 0.407. The number of hydrogen-bond acceptors (Lipinski definition) is 6. The van der Waals surface area contributed by atoms with Crippen molar-refractivity contribution in [1.29, 1.82) is 0 Å². The van der Waals surface area contributed by atoms with Crippen molar-refractivity contribution < 1.29 is 26.3 Å². The molecule has 1 aliphatic rings. The molecule has 8 nitrogen and oxygen atoms in total. The lowest BCUT2D eigenvalue weighted by molar-refractivity contribution is 0.114. The maximum absolute atomic E-state index is 13.7. The molecule has 1 heterocycles. The molecule has 1 fully saturated rings. The summed E-state index contributed by atoms with van der Waals surface area (Å²) in [5, 5.41) is 0. The molecule has 0 spiro atoms. The molecule has 0 unspecified atom stereocenters. The van der Waals surface area contributed by atoms with Gasteiger partial charge in [0.25, 0.3) is 0 Å². The Morgan fingerprint density at radius 1 is 0.889 bits per heavy atom. The third kappa shape index (κ3) is 6.51. The molecule has 0 saturated carbocycles. The van der Waals surface area contributed by atoms with E-state index < -0.39 is 20.0 Å². The van der Waals surface area contributed by atoms with Gasteiger partial charge in [-0.15, -0.1) is 0 Å². The topological polar surface area (TPSA) is 102 Å². The molecular formula is C26H30N2O6S2. The normalized spacial score (nSPS) is 16.3. The van der Waals surface area contributed by atoms with Crippen molar-refractivity contribution in [2.45, 2.75) is 41.8 Å². The van der Waals surface area contributed by atoms with E-state index in [9.17, 15) is 16.8 Å². The van der Waals surface area contributed by atoms with Gasteiger partial charge in [0.2, 0.25) is 20.0 Å². The standard InChI is InChI=1S/C26H30N2O6S2/c1-33-23-10-5-9-22(17-23)20-28(19-21-7-3-2-4-8-21)36(31,32)26-14-12-25(13-15-26)35(29,30)27-18-24-11-6-16-34-24/h2-5,7-10,12-15,17,24,27H,6,11,16,18-20H2,1H3/t24-/m0/s1. The minimum atomic E-state index is -3.95. The molecule has 3 aromatic rings. The van der Waals surface area contributed by atoms with Gasteiger partial charge in [-0.3, -0.25) is 0 Å². The molecule has 0 bridgehead atoms. The largest absolute Gasteiger partial charge is 0.497 e. The van der Waals surface area contributed by atoms with Crippen LogP contribution in [-0.4, -0.2) is 47.5 Å². The van der Waals surface area contributed by atoms with Gasteiger partial charge in [0.15, 0.2) is 0 Å². The van der Waals surface area contributed by atoms with E-state index in [0.29, 0.717) is 12.4 Å². The third-order valence-electron chi connectivity index (χ3n) is 5.99. The third-order valence-corrected chi connectivity index (χ3v) is 9.24. The molecule has 1 saturated heterocycles. The zero-order valence-electron chi connectivity index (χ0n) is 20.0. The summed E-state index contributed by atoms with van der Waals surface area (Å²) in [7, 11) is -6.18. The summed E-state index contributed by atoms with van der Waals surface area (Å²) in [6.45, 7) is 1.10. The first kappa shape index (κ1) is 26.3. The summed E-state index contributed by atoms with van der Waals surface area (Å²) in [5.74, 6) is 0.634. The lowest BCUT2D eigenvalue weighted by Crippen LogP contribution is -2.32. The van der Waals surface area contributed by atoms with E-state index in [-0.39, 0.29) is 35.5 Å². The van der Waals surface area contributed by atoms with Crippen molar-refractivity contribution in [2.24, 2.45) is 0 Å². The van der Waals surface area contributed by atoms with Gasteiger partial charge in [-0.1, -0.05) is 42.5 Å². The molecular weight excluding hydrogens is 500 g/mol. The molecule has 3 aromatic carbocycles. The van der Waals surface area contributed by atoms with Crippen LogP contribution >= 0.6 is 0 Å². The second kappa shape index (κ2) is 11.5. The monoisotopic (exact) mass is 530 g/mol. The highest BCUT2D eigenvalue weighted by atomic mass is 32.2. The van der Waals surface area contributed by atoms with Crippen LogP contribution in [0.1, 0.15) is 24.0 Å². The molecule has 10 heteroatoms. The van der Waals surface area contributed by atoms with Gasteiger partial charge < -0.3 is 9.47 Å². The van der Waals surface area contributed by atoms with E-state index in [1.807, 2.05) is 42.5 Å². The smallest absolute Gasteiger partial charge is 0.243 e. The first-order valence-corrected chi connectivity index (χ1v) is 14.6. The number of ether oxygens (including phenoxy) is 2. The molecule has 0 aromatic heterocycles. The number of hydrogen-bond donors (Lipinski definition) is 1. The van der Waals surface area contributed by atoms with E-state index in [1.54, 1.807) is 19.2 Å². The highest BCUT2D eigenvalue weighted by Gasteiger charge is 2.26. The van der Waals surface area contributed by atoms with E-state index in [1.165, 1.54) is 28.6 Å². The molecule has 1 N–H and O–H groups in total. The van der Waals surface area contributed by atoms with Crippen molar-refractivity contribution in [2.75, 3.05) is 20.3 Å². The van der Waals surface area contributed by atoms with Crippen LogP contribution in [0, 0.1) is 0 Å². The molecule has 192 valence electrons. The second-order valence-corrected chi connectivity index (χ2v) is 12.3. The van der Waals surface area contributed by atoms with Gasteiger partial charge in [-0.25, -0.2) is 21.6 Å². The molecule has 4 rings (SSSR count). The minimum absolute atomic E-state index is 0.00171. The summed E-state index contributed by atoms with van der Waals surface area (Å²) >= 11 is 0. The van der Waals surface area contributed by atoms with Crippen molar-refractivity contribution >= 4 is 20.0 Å². The molecule has 1 aliphatic heterocycles. The maximum atomic E-state index is 13.7. The lowest BCUT2D eigenvalue weighted by Gasteiger charge is -2.23. The Labute approximate surface area is 213 Å². The zero-order chi connectivity index (χ0) is 25.6. The Hall–Kier alpha value is -2.76. The SMILES string of the molecule is COc1cccc(CN(Cc2ccccc2)S(=O)(=O)c2ccc(S(=O)(=O)NC[C@@H]3CCCO3)cc2)c1. The first-order chi connectivity index (χ1) is 17.3. The van der Waals surface area contributed by atoms with Crippen LogP contribution in [0.4, 0.5) is 0 Å². The van der Waals surface area contributed by atoms with Crippen LogP contribution in [0.3, 0.4) is 0 Å². The zero-order valence-corrected chi connectivity index (χ0v) is 21.7. The molecule has 0 radical (unpaired) electrons. The van der Waals surface area contributed by atoms with Gasteiger partial charge >= 0.3 is 0 Å². The maximum Gasteiger partial charge on any atom is 0.243 e. The van der Waals surface area contributed by atoms with Crippen LogP contribution in [0.25, 0.3) is 0 Å². The fourth-order valence-electron chi connectivity index (χ4n) is 4.02. The molecule has 36 heavy (non-hydrogen) atoms. The average Bonchev–Trinajstić information content (AvgIpc) is 3.42. The van der Waals surface area contributed by atoms with Crippen LogP contribution in [0.5, 0.6) is 5.75 Å². The van der Waals surface area contributed by atoms with Gasteiger partial charge in [-0.2, -0.15) is 4.31 Å². The number of nitrogens with zero attached hydrogens (tertiary/aromatic N) is 1. The van der Waals surface area contributed by atoms with Gasteiger partial charge in [-0.05, 0) is 60.4 Å². The lowest BCUT2D eigenvalue weighted by atomic mass is 10.2. The number of benzene rings is 3.